The molecule has 1 aromatic carbocycles. The summed E-state index contributed by atoms with van der Waals surface area (Å²) in [5, 5.41) is 0. The Morgan fingerprint density at radius 2 is 2.14 bits per heavy atom. The van der Waals surface area contributed by atoms with Gasteiger partial charge in [0.05, 0.1) is 6.61 Å². The summed E-state index contributed by atoms with van der Waals surface area (Å²) in [7, 11) is 4.13. The van der Waals surface area contributed by atoms with E-state index in [2.05, 4.69) is 31.1 Å². The lowest BCUT2D eigenvalue weighted by atomic mass is 9.80. The topological polar surface area (TPSA) is 12.5 Å². The maximum absolute atomic E-state index is 13.8. The van der Waals surface area contributed by atoms with Crippen LogP contribution < -0.4 is 4.74 Å². The van der Waals surface area contributed by atoms with Gasteiger partial charge in [-0.3, -0.25) is 0 Å². The molecule has 3 rings (SSSR count). The van der Waals surface area contributed by atoms with Gasteiger partial charge in [0.25, 0.3) is 0 Å². The highest BCUT2D eigenvalue weighted by Crippen LogP contribution is 2.42. The second kappa shape index (κ2) is 6.49. The van der Waals surface area contributed by atoms with Crippen molar-refractivity contribution in [2.24, 2.45) is 11.8 Å². The van der Waals surface area contributed by atoms with E-state index in [9.17, 15) is 4.39 Å². The maximum Gasteiger partial charge on any atom is 0.126 e. The molecule has 0 radical (unpaired) electrons. The highest BCUT2D eigenvalue weighted by molar-refractivity contribution is 5.75. The van der Waals surface area contributed by atoms with Crippen molar-refractivity contribution in [1.29, 1.82) is 0 Å². The number of hydrogen-bond acceptors (Lipinski definition) is 2. The van der Waals surface area contributed by atoms with E-state index in [1.54, 1.807) is 12.2 Å². The van der Waals surface area contributed by atoms with Crippen molar-refractivity contribution in [2.75, 3.05) is 27.2 Å². The zero-order chi connectivity index (χ0) is 15.5. The molecule has 2 atom stereocenters. The molecule has 0 aromatic heterocycles. The molecule has 0 amide bonds. The number of hydrogen-bond donors (Lipinski definition) is 0. The molecule has 1 aliphatic carbocycles. The number of fused-ring (bicyclic) bond motifs is 2. The Balaban J connectivity index is 2.00. The lowest BCUT2D eigenvalue weighted by Gasteiger charge is -2.24. The number of benzene rings is 1. The fourth-order valence-electron chi connectivity index (χ4n) is 3.09. The monoisotopic (exact) mass is 299 g/mol. The van der Waals surface area contributed by atoms with Crippen LogP contribution in [-0.4, -0.2) is 32.1 Å². The Labute approximate surface area is 131 Å². The zero-order valence-corrected chi connectivity index (χ0v) is 13.1. The van der Waals surface area contributed by atoms with Crippen LogP contribution in [0.4, 0.5) is 4.39 Å². The molecule has 1 heterocycles. The summed E-state index contributed by atoms with van der Waals surface area (Å²) in [5.41, 5.74) is 2.27. The first kappa shape index (κ1) is 15.0. The molecule has 0 saturated heterocycles. The van der Waals surface area contributed by atoms with Crippen molar-refractivity contribution < 1.29 is 9.13 Å². The lowest BCUT2D eigenvalue weighted by Crippen LogP contribution is -2.19. The number of para-hydroxylation sites is 1. The summed E-state index contributed by atoms with van der Waals surface area (Å²) in [4.78, 5) is 2.16. The Hall–Kier alpha value is -1.87. The zero-order valence-electron chi connectivity index (χ0n) is 13.1. The number of nitrogens with zero attached hydrogens (tertiary/aromatic N) is 1. The first-order valence-electron chi connectivity index (χ1n) is 7.77. The number of rotatable bonds is 3. The normalized spacial score (nSPS) is 25.3. The number of ether oxygens (including phenoxy) is 1. The highest BCUT2D eigenvalue weighted by atomic mass is 19.1. The maximum atomic E-state index is 13.8. The van der Waals surface area contributed by atoms with Gasteiger partial charge in [0.1, 0.15) is 11.6 Å². The molecule has 1 aromatic rings. The smallest absolute Gasteiger partial charge is 0.126 e. The van der Waals surface area contributed by atoms with Crippen LogP contribution in [0.5, 0.6) is 5.75 Å². The van der Waals surface area contributed by atoms with Crippen LogP contribution in [0.3, 0.4) is 0 Å². The largest absolute Gasteiger partial charge is 0.492 e. The van der Waals surface area contributed by atoms with Gasteiger partial charge < -0.3 is 9.64 Å². The molecule has 0 spiro atoms. The Morgan fingerprint density at radius 1 is 1.32 bits per heavy atom. The highest BCUT2D eigenvalue weighted by Gasteiger charge is 2.30. The van der Waals surface area contributed by atoms with E-state index in [1.807, 2.05) is 24.3 Å². The van der Waals surface area contributed by atoms with E-state index < -0.39 is 0 Å². The molecular formula is C19H22FNO. The fraction of sp³-hybridized carbons (Fsp3) is 0.368. The van der Waals surface area contributed by atoms with Crippen LogP contribution in [-0.2, 0) is 0 Å². The van der Waals surface area contributed by atoms with Crippen molar-refractivity contribution in [1.82, 2.24) is 4.90 Å². The van der Waals surface area contributed by atoms with Crippen LogP contribution in [0.1, 0.15) is 12.0 Å². The van der Waals surface area contributed by atoms with Crippen LogP contribution in [0.2, 0.25) is 0 Å². The van der Waals surface area contributed by atoms with Gasteiger partial charge in [0.2, 0.25) is 0 Å². The molecule has 2 nitrogen and oxygen atoms in total. The fourth-order valence-corrected chi connectivity index (χ4v) is 3.09. The average Bonchev–Trinajstić information content (AvgIpc) is 2.65. The molecule has 1 aliphatic heterocycles. The van der Waals surface area contributed by atoms with E-state index in [-0.39, 0.29) is 17.7 Å². The molecule has 0 saturated carbocycles. The third-order valence-corrected chi connectivity index (χ3v) is 4.23. The van der Waals surface area contributed by atoms with Crippen molar-refractivity contribution in [2.45, 2.75) is 6.42 Å². The Bertz CT molecular complexity index is 630. The van der Waals surface area contributed by atoms with Crippen molar-refractivity contribution in [3.63, 3.8) is 0 Å². The van der Waals surface area contributed by atoms with Gasteiger partial charge in [-0.25, -0.2) is 4.39 Å². The second-order valence-corrected chi connectivity index (χ2v) is 6.16. The Kier molecular flexibility index (Phi) is 4.44. The van der Waals surface area contributed by atoms with Gasteiger partial charge in [-0.1, -0.05) is 30.4 Å². The van der Waals surface area contributed by atoms with Crippen LogP contribution in [0.15, 0.2) is 54.4 Å². The summed E-state index contributed by atoms with van der Waals surface area (Å²) in [6, 6.07) is 8.07. The van der Waals surface area contributed by atoms with Gasteiger partial charge in [-0.05, 0) is 44.3 Å². The molecule has 2 unspecified atom stereocenters. The molecule has 116 valence electrons. The minimum Gasteiger partial charge on any atom is -0.492 e. The van der Waals surface area contributed by atoms with Gasteiger partial charge in [-0.2, -0.15) is 0 Å². The van der Waals surface area contributed by atoms with Gasteiger partial charge in [0, 0.05) is 23.9 Å². The van der Waals surface area contributed by atoms with E-state index in [0.29, 0.717) is 6.61 Å². The minimum absolute atomic E-state index is 0.0517. The van der Waals surface area contributed by atoms with Gasteiger partial charge in [0.15, 0.2) is 0 Å². The van der Waals surface area contributed by atoms with E-state index >= 15 is 0 Å². The van der Waals surface area contributed by atoms with Gasteiger partial charge >= 0.3 is 0 Å². The quantitative estimate of drug-likeness (QED) is 0.834. The summed E-state index contributed by atoms with van der Waals surface area (Å²) in [6.45, 7) is 1.57. The standard InChI is InChI=1S/C19H22FNO/c1-21(2)11-5-7-16-17-6-3-4-8-19(17)22-13-14-9-10-15(20)12-18(14)16/h3-4,6-10,12,14,18H,5,11,13H2,1-2H3/b16-7-. The van der Waals surface area contributed by atoms with Crippen LogP contribution in [0.25, 0.3) is 5.57 Å². The summed E-state index contributed by atoms with van der Waals surface area (Å²) in [6.07, 6.45) is 8.41. The summed E-state index contributed by atoms with van der Waals surface area (Å²) < 4.78 is 19.7. The Morgan fingerprint density at radius 3 is 2.95 bits per heavy atom. The van der Waals surface area contributed by atoms with E-state index in [0.717, 1.165) is 24.3 Å². The van der Waals surface area contributed by atoms with E-state index in [4.69, 9.17) is 4.74 Å². The van der Waals surface area contributed by atoms with Crippen molar-refractivity contribution in [3.05, 3.63) is 60.0 Å². The predicted molar refractivity (Wildman–Crippen MR) is 88.4 cm³/mol. The molecule has 2 aliphatic rings. The molecule has 22 heavy (non-hydrogen) atoms. The molecular weight excluding hydrogens is 277 g/mol. The second-order valence-electron chi connectivity index (χ2n) is 6.16. The summed E-state index contributed by atoms with van der Waals surface area (Å²) >= 11 is 0. The predicted octanol–water partition coefficient (Wildman–Crippen LogP) is 4.07. The van der Waals surface area contributed by atoms with Crippen LogP contribution in [0, 0.1) is 11.8 Å². The molecule has 0 bridgehead atoms. The van der Waals surface area contributed by atoms with Crippen molar-refractivity contribution >= 4 is 5.57 Å². The summed E-state index contributed by atoms with van der Waals surface area (Å²) in [5.74, 6) is 0.989. The molecule has 0 fully saturated rings. The SMILES string of the molecule is CN(C)CC/C=C1/c2ccccc2OCC2C=CC(F)=CC12. The van der Waals surface area contributed by atoms with Crippen molar-refractivity contribution in [3.8, 4) is 5.75 Å². The first-order chi connectivity index (χ1) is 10.6. The lowest BCUT2D eigenvalue weighted by molar-refractivity contribution is 0.267. The number of halogens is 1. The van der Waals surface area contributed by atoms with Gasteiger partial charge in [-0.15, -0.1) is 0 Å². The molecule has 3 heteroatoms. The first-order valence-corrected chi connectivity index (χ1v) is 7.77. The minimum atomic E-state index is -0.154. The third kappa shape index (κ3) is 3.14. The molecule has 0 N–H and O–H groups in total. The average molecular weight is 299 g/mol. The van der Waals surface area contributed by atoms with E-state index in [1.165, 1.54) is 5.57 Å². The van der Waals surface area contributed by atoms with Crippen LogP contribution >= 0.6 is 0 Å². The number of allylic oxidation sites excluding steroid dienone is 4. The third-order valence-electron chi connectivity index (χ3n) is 4.23.